The van der Waals surface area contributed by atoms with Gasteiger partial charge in [0.1, 0.15) is 0 Å². The van der Waals surface area contributed by atoms with Gasteiger partial charge in [0.15, 0.2) is 0 Å². The van der Waals surface area contributed by atoms with Crippen LogP contribution >= 0.6 is 0 Å². The second-order valence-corrected chi connectivity index (χ2v) is 5.74. The molecule has 0 aliphatic rings. The maximum absolute atomic E-state index is 8.72. The molecule has 0 aliphatic heterocycles. The molecule has 0 saturated carbocycles. The minimum absolute atomic E-state index is 0. The number of rotatable bonds is 4. The summed E-state index contributed by atoms with van der Waals surface area (Å²) < 4.78 is 0. The predicted molar refractivity (Wildman–Crippen MR) is 49.3 cm³/mol. The van der Waals surface area contributed by atoms with Gasteiger partial charge in [-0.1, -0.05) is 0 Å². The van der Waals surface area contributed by atoms with E-state index in [-0.39, 0.29) is 59.1 Å². The first-order chi connectivity index (χ1) is 9.41. The standard InChI is InChI=1S/2Na.H2O7.3H4O4Si/c;;1-3-5-7-6-4-2;3*1-5(2,3)4/h;;1-2H;3*1-4H/q2*+1;;;;/p-2. The Balaban J connectivity index is -0.0000000443. The van der Waals surface area contributed by atoms with E-state index < -0.39 is 27.1 Å². The van der Waals surface area contributed by atoms with Gasteiger partial charge >= 0.3 is 86.3 Å². The molecule has 12 N–H and O–H groups in total. The molecule has 24 heavy (non-hydrogen) atoms. The van der Waals surface area contributed by atoms with E-state index in [2.05, 4.69) is 25.2 Å². The fraction of sp³-hybridized carbons (Fsp3) is 0. The third kappa shape index (κ3) is 361. The molecule has 19 nitrogen and oxygen atoms in total. The van der Waals surface area contributed by atoms with Crippen LogP contribution < -0.4 is 69.6 Å². The Morgan fingerprint density at radius 3 is 0.625 bits per heavy atom. The van der Waals surface area contributed by atoms with Crippen LogP contribution in [0.5, 0.6) is 0 Å². The van der Waals surface area contributed by atoms with Crippen molar-refractivity contribution in [2.75, 3.05) is 0 Å². The van der Waals surface area contributed by atoms with Gasteiger partial charge in [-0.05, 0) is 15.1 Å². The molecule has 0 aromatic carbocycles. The van der Waals surface area contributed by atoms with Crippen molar-refractivity contribution in [1.82, 2.24) is 0 Å². The first kappa shape index (κ1) is 40.5. The Morgan fingerprint density at radius 1 is 0.417 bits per heavy atom. The molecule has 0 aromatic heterocycles. The van der Waals surface area contributed by atoms with E-state index in [4.69, 9.17) is 68.1 Å². The number of hydrogen-bond acceptors (Lipinski definition) is 19. The minimum Gasteiger partial charge on any atom is -0.689 e. The largest absolute Gasteiger partial charge is 1.00 e. The zero-order valence-corrected chi connectivity index (χ0v) is 18.7. The summed E-state index contributed by atoms with van der Waals surface area (Å²) in [6.07, 6.45) is 0. The van der Waals surface area contributed by atoms with E-state index in [1.54, 1.807) is 0 Å². The zero-order valence-electron chi connectivity index (χ0n) is 11.7. The molecule has 0 aromatic rings. The first-order valence-corrected chi connectivity index (χ1v) is 9.05. The molecule has 0 unspecified atom stereocenters. The smallest absolute Gasteiger partial charge is 0.689 e. The average molecular weight is 446 g/mol. The van der Waals surface area contributed by atoms with Crippen molar-refractivity contribution in [3.05, 3.63) is 0 Å². The van der Waals surface area contributed by atoms with Gasteiger partial charge in [0.25, 0.3) is 0 Å². The predicted octanol–water partition coefficient (Wildman–Crippen LogP) is -16.5. The average Bonchev–Trinajstić information content (AvgIpc) is 2.10. The molecule has 0 radical (unpaired) electrons. The van der Waals surface area contributed by atoms with E-state index in [0.29, 0.717) is 0 Å². The van der Waals surface area contributed by atoms with Crippen LogP contribution in [0.1, 0.15) is 0 Å². The third-order valence-corrected chi connectivity index (χ3v) is 0.111. The summed E-state index contributed by atoms with van der Waals surface area (Å²) in [4.78, 5) is 87.9. The van der Waals surface area contributed by atoms with Crippen molar-refractivity contribution >= 4 is 27.1 Å². The molecular formula is H12Na2O19Si3. The molecule has 0 saturated heterocycles. The SMILES string of the molecule is O[Si](O)(O)O.O[Si](O)(O)O.O[Si](O)(O)O.[Na+].[Na+].[O-]OOOOO[O-]. The second kappa shape index (κ2) is 22.9. The summed E-state index contributed by atoms with van der Waals surface area (Å²) in [7, 11) is -13.8. The summed E-state index contributed by atoms with van der Waals surface area (Å²) in [6, 6.07) is 0. The van der Waals surface area contributed by atoms with Gasteiger partial charge in [-0.25, -0.2) is 0 Å². The van der Waals surface area contributed by atoms with E-state index in [1.165, 1.54) is 0 Å². The summed E-state index contributed by atoms with van der Waals surface area (Å²) in [5, 5.41) is 31.5. The molecule has 0 heterocycles. The van der Waals surface area contributed by atoms with Crippen LogP contribution in [-0.2, 0) is 25.2 Å². The maximum atomic E-state index is 8.72. The van der Waals surface area contributed by atoms with Gasteiger partial charge in [0, 0.05) is 0 Å². The Kier molecular flexibility index (Phi) is 38.7. The Hall–Kier alpha value is 1.89. The molecule has 0 spiro atoms. The fourth-order valence-corrected chi connectivity index (χ4v) is 0.0340. The Morgan fingerprint density at radius 2 is 0.542 bits per heavy atom. The molecule has 140 valence electrons. The molecule has 24 heteroatoms. The van der Waals surface area contributed by atoms with Crippen molar-refractivity contribution in [1.29, 1.82) is 0 Å². The first-order valence-electron chi connectivity index (χ1n) is 3.68. The van der Waals surface area contributed by atoms with Crippen LogP contribution in [0.4, 0.5) is 0 Å². The normalized spacial score (nSPS) is 10.2. The third-order valence-electron chi connectivity index (χ3n) is 0.111. The van der Waals surface area contributed by atoms with E-state index in [9.17, 15) is 0 Å². The van der Waals surface area contributed by atoms with Gasteiger partial charge in [-0.3, -0.25) is 10.1 Å². The molecule has 0 bridgehead atoms. The molecule has 0 rings (SSSR count). The van der Waals surface area contributed by atoms with Gasteiger partial charge in [-0.2, -0.15) is 0 Å². The van der Waals surface area contributed by atoms with Crippen molar-refractivity contribution in [2.24, 2.45) is 0 Å². The van der Waals surface area contributed by atoms with Gasteiger partial charge in [-0.15, -0.1) is 0 Å². The van der Waals surface area contributed by atoms with E-state index in [1.807, 2.05) is 0 Å². The quantitative estimate of drug-likeness (QED) is 0.0824. The maximum Gasteiger partial charge on any atom is 1.00 e. The van der Waals surface area contributed by atoms with Gasteiger partial charge < -0.3 is 68.1 Å². The Bertz CT molecular complexity index is 152. The van der Waals surface area contributed by atoms with Crippen LogP contribution in [0.25, 0.3) is 0 Å². The summed E-state index contributed by atoms with van der Waals surface area (Å²) in [6.45, 7) is 0. The van der Waals surface area contributed by atoms with Crippen LogP contribution in [-0.4, -0.2) is 84.7 Å². The van der Waals surface area contributed by atoms with Crippen molar-refractivity contribution in [3.8, 4) is 0 Å². The van der Waals surface area contributed by atoms with Crippen LogP contribution in [0.2, 0.25) is 0 Å². The van der Waals surface area contributed by atoms with Gasteiger partial charge in [0.2, 0.25) is 0 Å². The van der Waals surface area contributed by atoms with E-state index in [0.717, 1.165) is 0 Å². The number of hydrogen-bond donors (Lipinski definition) is 12. The van der Waals surface area contributed by atoms with E-state index >= 15 is 0 Å². The summed E-state index contributed by atoms with van der Waals surface area (Å²) in [5.41, 5.74) is 0. The fourth-order valence-electron chi connectivity index (χ4n) is 0.0340. The van der Waals surface area contributed by atoms with Crippen LogP contribution in [0.3, 0.4) is 0 Å². The van der Waals surface area contributed by atoms with Gasteiger partial charge in [0.05, 0.1) is 0 Å². The molecular weight excluding hydrogens is 434 g/mol. The molecule has 0 fully saturated rings. The van der Waals surface area contributed by atoms with Crippen LogP contribution in [0, 0.1) is 0 Å². The van der Waals surface area contributed by atoms with Crippen molar-refractivity contribution in [2.45, 2.75) is 0 Å². The van der Waals surface area contributed by atoms with Crippen molar-refractivity contribution < 1.29 is 152 Å². The molecule has 0 aliphatic carbocycles. The van der Waals surface area contributed by atoms with Crippen LogP contribution in [0.15, 0.2) is 0 Å². The Labute approximate surface area is 178 Å². The zero-order chi connectivity index (χ0) is 19.0. The minimum atomic E-state index is -4.61. The second-order valence-electron chi connectivity index (χ2n) is 2.14. The molecule has 0 atom stereocenters. The molecule has 0 amide bonds. The summed E-state index contributed by atoms with van der Waals surface area (Å²) >= 11 is 0. The van der Waals surface area contributed by atoms with Crippen molar-refractivity contribution in [3.63, 3.8) is 0 Å². The summed E-state index contributed by atoms with van der Waals surface area (Å²) in [5.74, 6) is 0. The topological polar surface area (TPSA) is 335 Å². The monoisotopic (exact) mass is 446 g/mol.